The lowest BCUT2D eigenvalue weighted by atomic mass is 10.1. The molecule has 0 radical (unpaired) electrons. The zero-order chi connectivity index (χ0) is 11.2. The summed E-state index contributed by atoms with van der Waals surface area (Å²) in [5, 5.41) is 0.641. The molecule has 0 unspecified atom stereocenters. The van der Waals surface area contributed by atoms with Crippen molar-refractivity contribution in [2.75, 3.05) is 0 Å². The Balaban J connectivity index is 2.76. The lowest BCUT2D eigenvalue weighted by molar-refractivity contribution is -0.137. The molecule has 0 atom stereocenters. The van der Waals surface area contributed by atoms with Crippen molar-refractivity contribution in [3.05, 3.63) is 35.0 Å². The van der Waals surface area contributed by atoms with Gasteiger partial charge >= 0.3 is 6.18 Å². The number of fused-ring (bicyclic) bond motifs is 1. The van der Waals surface area contributed by atoms with E-state index < -0.39 is 11.7 Å². The van der Waals surface area contributed by atoms with Crippen LogP contribution in [0.2, 0.25) is 0 Å². The predicted molar refractivity (Wildman–Crippen MR) is 52.8 cm³/mol. The molecule has 80 valence electrons. The highest BCUT2D eigenvalue weighted by Crippen LogP contribution is 2.33. The molecular weight excluding hydrogens is 203 g/mol. The normalized spacial score (nSPS) is 12.3. The molecule has 1 aromatic carbocycles. The molecule has 15 heavy (non-hydrogen) atoms. The molecule has 2 rings (SSSR count). The van der Waals surface area contributed by atoms with Gasteiger partial charge in [-0.25, -0.2) is 0 Å². The topological polar surface area (TPSA) is 15.8 Å². The van der Waals surface area contributed by atoms with E-state index in [1.54, 1.807) is 20.0 Å². The van der Waals surface area contributed by atoms with E-state index in [1.807, 2.05) is 0 Å². The van der Waals surface area contributed by atoms with E-state index in [4.69, 9.17) is 0 Å². The summed E-state index contributed by atoms with van der Waals surface area (Å²) in [5.41, 5.74) is 1.64. The number of rotatable bonds is 0. The number of H-pyrrole nitrogens is 1. The molecule has 0 fully saturated rings. The quantitative estimate of drug-likeness (QED) is 0.685. The van der Waals surface area contributed by atoms with Crippen molar-refractivity contribution in [1.29, 1.82) is 0 Å². The molecule has 0 amide bonds. The van der Waals surface area contributed by atoms with E-state index in [2.05, 4.69) is 4.98 Å². The maximum Gasteiger partial charge on any atom is 0.416 e. The van der Waals surface area contributed by atoms with Gasteiger partial charge in [-0.2, -0.15) is 13.2 Å². The first-order valence-electron chi connectivity index (χ1n) is 4.55. The molecule has 1 aromatic heterocycles. The first kappa shape index (κ1) is 10.1. The Morgan fingerprint density at radius 3 is 2.33 bits per heavy atom. The van der Waals surface area contributed by atoms with E-state index in [1.165, 1.54) is 6.07 Å². The number of halogens is 3. The van der Waals surface area contributed by atoms with Gasteiger partial charge in [0.1, 0.15) is 0 Å². The van der Waals surface area contributed by atoms with Crippen LogP contribution in [0.3, 0.4) is 0 Å². The monoisotopic (exact) mass is 213 g/mol. The number of aryl methyl sites for hydroxylation is 2. The lowest BCUT2D eigenvalue weighted by Gasteiger charge is -2.08. The van der Waals surface area contributed by atoms with E-state index >= 15 is 0 Å². The molecule has 0 spiro atoms. The average Bonchev–Trinajstić information content (AvgIpc) is 2.47. The fraction of sp³-hybridized carbons (Fsp3) is 0.273. The first-order chi connectivity index (χ1) is 6.89. The Morgan fingerprint density at radius 1 is 1.07 bits per heavy atom. The lowest BCUT2D eigenvalue weighted by Crippen LogP contribution is -2.05. The predicted octanol–water partition coefficient (Wildman–Crippen LogP) is 3.80. The summed E-state index contributed by atoms with van der Waals surface area (Å²) >= 11 is 0. The number of aromatic nitrogens is 1. The first-order valence-corrected chi connectivity index (χ1v) is 4.55. The number of hydrogen-bond donors (Lipinski definition) is 1. The zero-order valence-electron chi connectivity index (χ0n) is 8.37. The van der Waals surface area contributed by atoms with E-state index in [9.17, 15) is 13.2 Å². The molecule has 1 N–H and O–H groups in total. The average molecular weight is 213 g/mol. The van der Waals surface area contributed by atoms with Crippen LogP contribution in [0.4, 0.5) is 13.2 Å². The number of aromatic amines is 1. The highest BCUT2D eigenvalue weighted by Gasteiger charge is 2.31. The van der Waals surface area contributed by atoms with E-state index in [-0.39, 0.29) is 0 Å². The molecular formula is C11H10F3N. The Bertz CT molecular complexity index is 508. The van der Waals surface area contributed by atoms with Crippen molar-refractivity contribution in [2.24, 2.45) is 0 Å². The van der Waals surface area contributed by atoms with Gasteiger partial charge in [-0.1, -0.05) is 0 Å². The Hall–Kier alpha value is -1.45. The van der Waals surface area contributed by atoms with Gasteiger partial charge in [-0.15, -0.1) is 0 Å². The van der Waals surface area contributed by atoms with Crippen LogP contribution in [-0.4, -0.2) is 4.98 Å². The number of nitrogens with one attached hydrogen (secondary N) is 1. The molecule has 0 aliphatic carbocycles. The smallest absolute Gasteiger partial charge is 0.361 e. The molecule has 1 heterocycles. The standard InChI is InChI=1S/C11H10F3N/c1-6-3-8(11(12,13)14)4-9-7(2)5-15-10(6)9/h3-5,15H,1-2H3. The highest BCUT2D eigenvalue weighted by molar-refractivity contribution is 5.86. The minimum absolute atomic E-state index is 0.588. The van der Waals surface area contributed by atoms with Gasteiger partial charge in [0.15, 0.2) is 0 Å². The Labute approximate surface area is 84.9 Å². The maximum absolute atomic E-state index is 12.5. The van der Waals surface area contributed by atoms with E-state index in [0.29, 0.717) is 10.9 Å². The highest BCUT2D eigenvalue weighted by atomic mass is 19.4. The Kier molecular flexibility index (Phi) is 2.03. The van der Waals surface area contributed by atoms with Gasteiger partial charge in [0.25, 0.3) is 0 Å². The van der Waals surface area contributed by atoms with Gasteiger partial charge in [-0.3, -0.25) is 0 Å². The van der Waals surface area contributed by atoms with Crippen LogP contribution in [0.5, 0.6) is 0 Å². The summed E-state index contributed by atoms with van der Waals surface area (Å²) in [6, 6.07) is 2.35. The molecule has 2 aromatic rings. The summed E-state index contributed by atoms with van der Waals surface area (Å²) in [6.45, 7) is 3.46. The third kappa shape index (κ3) is 1.60. The maximum atomic E-state index is 12.5. The van der Waals surface area contributed by atoms with Gasteiger partial charge in [0.05, 0.1) is 5.56 Å². The van der Waals surface area contributed by atoms with Gasteiger partial charge < -0.3 is 4.98 Å². The second-order valence-corrected chi connectivity index (χ2v) is 3.69. The molecule has 0 saturated carbocycles. The van der Waals surface area contributed by atoms with E-state index in [0.717, 1.165) is 17.1 Å². The van der Waals surface area contributed by atoms with Crippen LogP contribution in [-0.2, 0) is 6.18 Å². The van der Waals surface area contributed by atoms with Crippen LogP contribution in [0.25, 0.3) is 10.9 Å². The van der Waals surface area contributed by atoms with Crippen molar-refractivity contribution >= 4 is 10.9 Å². The van der Waals surface area contributed by atoms with Gasteiger partial charge in [-0.05, 0) is 37.1 Å². The molecule has 0 aliphatic heterocycles. The Morgan fingerprint density at radius 2 is 1.73 bits per heavy atom. The number of alkyl halides is 3. The summed E-state index contributed by atoms with van der Waals surface area (Å²) < 4.78 is 37.6. The van der Waals surface area contributed by atoms with Crippen LogP contribution < -0.4 is 0 Å². The summed E-state index contributed by atoms with van der Waals surface area (Å²) in [5.74, 6) is 0. The van der Waals surface area contributed by atoms with Crippen LogP contribution in [0.15, 0.2) is 18.3 Å². The van der Waals surface area contributed by atoms with Crippen molar-refractivity contribution in [3.63, 3.8) is 0 Å². The van der Waals surface area contributed by atoms with Gasteiger partial charge in [0, 0.05) is 17.1 Å². The summed E-state index contributed by atoms with van der Waals surface area (Å²) in [6.07, 6.45) is -2.56. The molecule has 0 saturated heterocycles. The zero-order valence-corrected chi connectivity index (χ0v) is 8.37. The summed E-state index contributed by atoms with van der Waals surface area (Å²) in [4.78, 5) is 2.97. The van der Waals surface area contributed by atoms with Crippen molar-refractivity contribution in [2.45, 2.75) is 20.0 Å². The fourth-order valence-electron chi connectivity index (χ4n) is 1.71. The molecule has 0 bridgehead atoms. The molecule has 0 aliphatic rings. The number of benzene rings is 1. The SMILES string of the molecule is Cc1c[nH]c2c(C)cc(C(F)(F)F)cc12. The van der Waals surface area contributed by atoms with Crippen molar-refractivity contribution in [1.82, 2.24) is 4.98 Å². The third-order valence-electron chi connectivity index (χ3n) is 2.52. The molecule has 1 nitrogen and oxygen atoms in total. The minimum atomic E-state index is -4.28. The van der Waals surface area contributed by atoms with Crippen LogP contribution in [0.1, 0.15) is 16.7 Å². The molecule has 4 heteroatoms. The van der Waals surface area contributed by atoms with Crippen LogP contribution >= 0.6 is 0 Å². The summed E-state index contributed by atoms with van der Waals surface area (Å²) in [7, 11) is 0. The second-order valence-electron chi connectivity index (χ2n) is 3.69. The largest absolute Gasteiger partial charge is 0.416 e. The minimum Gasteiger partial charge on any atom is -0.361 e. The third-order valence-corrected chi connectivity index (χ3v) is 2.52. The second kappa shape index (κ2) is 3.02. The fourth-order valence-corrected chi connectivity index (χ4v) is 1.71. The van der Waals surface area contributed by atoms with Crippen LogP contribution in [0, 0.1) is 13.8 Å². The van der Waals surface area contributed by atoms with Crippen molar-refractivity contribution in [3.8, 4) is 0 Å². The van der Waals surface area contributed by atoms with Crippen molar-refractivity contribution < 1.29 is 13.2 Å². The van der Waals surface area contributed by atoms with Gasteiger partial charge in [0.2, 0.25) is 0 Å². The number of hydrogen-bond acceptors (Lipinski definition) is 0.